The molecule has 1 aliphatic rings. The number of amides is 1. The Balaban J connectivity index is 1.74. The Bertz CT molecular complexity index is 941. The van der Waals surface area contributed by atoms with Crippen molar-refractivity contribution in [3.8, 4) is 0 Å². The zero-order valence-electron chi connectivity index (χ0n) is 14.0. The molecule has 1 N–H and O–H groups in total. The second-order valence-corrected chi connectivity index (χ2v) is 7.85. The van der Waals surface area contributed by atoms with Gasteiger partial charge in [-0.1, -0.05) is 11.6 Å². The van der Waals surface area contributed by atoms with Gasteiger partial charge in [0, 0.05) is 31.9 Å². The molecule has 9 heteroatoms. The minimum Gasteiger partial charge on any atom is -0.362 e. The SMILES string of the molecule is CN1CCC/C1=N/S(=O)(=O)c1ccc(NC(=O)c2ccc(Cl)nc2)cc1. The Hall–Kier alpha value is -2.45. The van der Waals surface area contributed by atoms with Gasteiger partial charge in [-0.3, -0.25) is 4.79 Å². The number of aromatic nitrogens is 1. The first-order chi connectivity index (χ1) is 12.3. The van der Waals surface area contributed by atoms with Gasteiger partial charge in [0.05, 0.1) is 10.5 Å². The smallest absolute Gasteiger partial charge is 0.283 e. The van der Waals surface area contributed by atoms with Crippen molar-refractivity contribution < 1.29 is 13.2 Å². The number of hydrogen-bond donors (Lipinski definition) is 1. The number of carbonyl (C=O) groups is 1. The van der Waals surface area contributed by atoms with E-state index in [-0.39, 0.29) is 10.8 Å². The lowest BCUT2D eigenvalue weighted by Gasteiger charge is -2.11. The average molecular weight is 393 g/mol. The van der Waals surface area contributed by atoms with Gasteiger partial charge < -0.3 is 10.2 Å². The first-order valence-electron chi connectivity index (χ1n) is 7.93. The normalized spacial score (nSPS) is 16.1. The van der Waals surface area contributed by atoms with Gasteiger partial charge in [0.15, 0.2) is 0 Å². The van der Waals surface area contributed by atoms with Gasteiger partial charge in [0.25, 0.3) is 15.9 Å². The summed E-state index contributed by atoms with van der Waals surface area (Å²) in [7, 11) is -1.94. The number of rotatable bonds is 4. The number of halogens is 1. The van der Waals surface area contributed by atoms with Crippen molar-refractivity contribution in [1.82, 2.24) is 9.88 Å². The van der Waals surface area contributed by atoms with Crippen molar-refractivity contribution in [2.45, 2.75) is 17.7 Å². The zero-order chi connectivity index (χ0) is 18.7. The monoisotopic (exact) mass is 392 g/mol. The topological polar surface area (TPSA) is 91.7 Å². The van der Waals surface area contributed by atoms with Crippen molar-refractivity contribution in [3.05, 3.63) is 53.3 Å². The van der Waals surface area contributed by atoms with Crippen molar-refractivity contribution >= 4 is 39.1 Å². The van der Waals surface area contributed by atoms with Crippen LogP contribution in [0.5, 0.6) is 0 Å². The first-order valence-corrected chi connectivity index (χ1v) is 9.75. The van der Waals surface area contributed by atoms with Crippen LogP contribution in [0.1, 0.15) is 23.2 Å². The molecule has 2 heterocycles. The summed E-state index contributed by atoms with van der Waals surface area (Å²) < 4.78 is 28.7. The number of likely N-dealkylation sites (tertiary alicyclic amines) is 1. The number of amidine groups is 1. The van der Waals surface area contributed by atoms with E-state index in [0.717, 1.165) is 13.0 Å². The summed E-state index contributed by atoms with van der Waals surface area (Å²) in [5.41, 5.74) is 0.816. The van der Waals surface area contributed by atoms with Crippen LogP contribution in [0, 0.1) is 0 Å². The lowest BCUT2D eigenvalue weighted by atomic mass is 10.2. The van der Waals surface area contributed by atoms with Gasteiger partial charge in [-0.15, -0.1) is 4.40 Å². The van der Waals surface area contributed by atoms with Crippen LogP contribution in [0.25, 0.3) is 0 Å². The second-order valence-electron chi connectivity index (χ2n) is 5.86. The quantitative estimate of drug-likeness (QED) is 0.808. The molecule has 26 heavy (non-hydrogen) atoms. The van der Waals surface area contributed by atoms with E-state index in [1.807, 2.05) is 11.9 Å². The average Bonchev–Trinajstić information content (AvgIpc) is 3.00. The van der Waals surface area contributed by atoms with Crippen molar-refractivity contribution in [1.29, 1.82) is 0 Å². The molecule has 0 unspecified atom stereocenters. The third-order valence-corrected chi connectivity index (χ3v) is 5.50. The highest BCUT2D eigenvalue weighted by Crippen LogP contribution is 2.19. The molecule has 1 aromatic heterocycles. The van der Waals surface area contributed by atoms with Gasteiger partial charge >= 0.3 is 0 Å². The molecule has 2 aromatic rings. The number of nitrogens with one attached hydrogen (secondary N) is 1. The molecule has 0 spiro atoms. The summed E-state index contributed by atoms with van der Waals surface area (Å²) in [5, 5.41) is 2.97. The number of benzene rings is 1. The maximum Gasteiger partial charge on any atom is 0.283 e. The summed E-state index contributed by atoms with van der Waals surface area (Å²) >= 11 is 5.69. The van der Waals surface area contributed by atoms with E-state index in [0.29, 0.717) is 28.7 Å². The predicted molar refractivity (Wildman–Crippen MR) is 100 cm³/mol. The number of carbonyl (C=O) groups excluding carboxylic acids is 1. The van der Waals surface area contributed by atoms with E-state index in [1.165, 1.54) is 36.5 Å². The molecule has 0 atom stereocenters. The summed E-state index contributed by atoms with van der Waals surface area (Å²) in [6.07, 6.45) is 2.92. The molecule has 0 bridgehead atoms. The lowest BCUT2D eigenvalue weighted by Crippen LogP contribution is -2.20. The Morgan fingerprint density at radius 1 is 1.23 bits per heavy atom. The second kappa shape index (κ2) is 7.43. The molecular weight excluding hydrogens is 376 g/mol. The number of nitrogens with zero attached hydrogens (tertiary/aromatic N) is 3. The predicted octanol–water partition coefficient (Wildman–Crippen LogP) is 2.80. The number of sulfonamides is 1. The standard InChI is InChI=1S/C17H17ClN4O3S/c1-22-10-2-3-16(22)21-26(24,25)14-7-5-13(6-8-14)20-17(23)12-4-9-15(18)19-11-12/h4-9,11H,2-3,10H2,1H3,(H,20,23)/b21-16-. The first kappa shape index (κ1) is 18.3. The van der Waals surface area contributed by atoms with E-state index in [4.69, 9.17) is 11.6 Å². The van der Waals surface area contributed by atoms with Crippen LogP contribution in [0.3, 0.4) is 0 Å². The summed E-state index contributed by atoms with van der Waals surface area (Å²) in [6, 6.07) is 8.95. The molecule has 136 valence electrons. The largest absolute Gasteiger partial charge is 0.362 e. The molecule has 0 aliphatic carbocycles. The molecule has 1 fully saturated rings. The van der Waals surface area contributed by atoms with Gasteiger partial charge in [0.2, 0.25) is 0 Å². The van der Waals surface area contributed by atoms with Gasteiger partial charge in [-0.2, -0.15) is 8.42 Å². The van der Waals surface area contributed by atoms with E-state index >= 15 is 0 Å². The van der Waals surface area contributed by atoms with Crippen LogP contribution in [0.2, 0.25) is 5.15 Å². The molecule has 1 aliphatic heterocycles. The molecule has 1 aromatic carbocycles. The summed E-state index contributed by atoms with van der Waals surface area (Å²) in [5.74, 6) is 0.204. The third-order valence-electron chi connectivity index (χ3n) is 3.96. The maximum absolute atomic E-state index is 12.4. The van der Waals surface area contributed by atoms with Crippen LogP contribution in [0.4, 0.5) is 5.69 Å². The number of anilines is 1. The van der Waals surface area contributed by atoms with Crippen LogP contribution < -0.4 is 5.32 Å². The van der Waals surface area contributed by atoms with Crippen LogP contribution in [0.15, 0.2) is 51.9 Å². The van der Waals surface area contributed by atoms with Gasteiger partial charge in [-0.05, 0) is 42.8 Å². The van der Waals surface area contributed by atoms with Gasteiger partial charge in [-0.25, -0.2) is 4.98 Å². The highest BCUT2D eigenvalue weighted by atomic mass is 35.5. The maximum atomic E-state index is 12.4. The molecule has 0 radical (unpaired) electrons. The fraction of sp³-hybridized carbons (Fsp3) is 0.235. The van der Waals surface area contributed by atoms with E-state index in [1.54, 1.807) is 6.07 Å². The van der Waals surface area contributed by atoms with Crippen LogP contribution >= 0.6 is 11.6 Å². The fourth-order valence-electron chi connectivity index (χ4n) is 2.52. The Labute approximate surface area is 156 Å². The fourth-order valence-corrected chi connectivity index (χ4v) is 3.73. The molecular formula is C17H17ClN4O3S. The van der Waals surface area contributed by atoms with E-state index in [9.17, 15) is 13.2 Å². The molecule has 0 saturated carbocycles. The summed E-state index contributed by atoms with van der Waals surface area (Å²) in [4.78, 5) is 17.9. The summed E-state index contributed by atoms with van der Waals surface area (Å²) in [6.45, 7) is 0.804. The lowest BCUT2D eigenvalue weighted by molar-refractivity contribution is 0.102. The van der Waals surface area contributed by atoms with Crippen molar-refractivity contribution in [2.75, 3.05) is 18.9 Å². The molecule has 1 saturated heterocycles. The molecule has 7 nitrogen and oxygen atoms in total. The van der Waals surface area contributed by atoms with Crippen molar-refractivity contribution in [3.63, 3.8) is 0 Å². The third kappa shape index (κ3) is 4.20. The van der Waals surface area contributed by atoms with Crippen LogP contribution in [-0.2, 0) is 10.0 Å². The Kier molecular flexibility index (Phi) is 5.24. The molecule has 1 amide bonds. The Morgan fingerprint density at radius 3 is 2.54 bits per heavy atom. The van der Waals surface area contributed by atoms with E-state index in [2.05, 4.69) is 14.7 Å². The minimum atomic E-state index is -3.77. The zero-order valence-corrected chi connectivity index (χ0v) is 15.6. The number of pyridine rings is 1. The number of hydrogen-bond acceptors (Lipinski definition) is 4. The highest BCUT2D eigenvalue weighted by molar-refractivity contribution is 7.90. The Morgan fingerprint density at radius 2 is 1.96 bits per heavy atom. The van der Waals surface area contributed by atoms with Crippen molar-refractivity contribution in [2.24, 2.45) is 4.40 Å². The van der Waals surface area contributed by atoms with Crippen LogP contribution in [-0.4, -0.2) is 43.6 Å². The van der Waals surface area contributed by atoms with Gasteiger partial charge in [0.1, 0.15) is 11.0 Å². The van der Waals surface area contributed by atoms with E-state index < -0.39 is 10.0 Å². The highest BCUT2D eigenvalue weighted by Gasteiger charge is 2.20. The molecule has 3 rings (SSSR count). The minimum absolute atomic E-state index is 0.0801.